The van der Waals surface area contributed by atoms with E-state index in [1.165, 1.54) is 0 Å². The maximum atomic E-state index is 12.9. The van der Waals surface area contributed by atoms with Gasteiger partial charge in [-0.1, -0.05) is 32.3 Å². The molecule has 1 amide bonds. The van der Waals surface area contributed by atoms with E-state index in [2.05, 4.69) is 20.7 Å². The fourth-order valence-corrected chi connectivity index (χ4v) is 4.66. The number of Topliss-reactive ketones (excluding diaryl/α,β-unsaturated/α-hetero) is 2. The van der Waals surface area contributed by atoms with Gasteiger partial charge < -0.3 is 58.4 Å². The van der Waals surface area contributed by atoms with Gasteiger partial charge in [-0.3, -0.25) is 14.4 Å². The van der Waals surface area contributed by atoms with Crippen molar-refractivity contribution >= 4 is 17.5 Å². The van der Waals surface area contributed by atoms with E-state index in [0.717, 1.165) is 19.4 Å². The molecule has 0 rings (SSSR count). The number of ketones is 2. The molecular formula is C37H71N5O13. The van der Waals surface area contributed by atoms with E-state index in [1.807, 2.05) is 13.8 Å². The van der Waals surface area contributed by atoms with Crippen molar-refractivity contribution in [2.45, 2.75) is 65.3 Å². The fraction of sp³-hybridized carbons (Fsp3) is 0.919. The van der Waals surface area contributed by atoms with Crippen LogP contribution in [0.15, 0.2) is 5.11 Å². The number of nitrogens with zero attached hydrogens (tertiary/aromatic N) is 3. The minimum atomic E-state index is -0.547. The molecule has 0 spiro atoms. The van der Waals surface area contributed by atoms with Gasteiger partial charge in [0.05, 0.1) is 112 Å². The maximum absolute atomic E-state index is 12.9. The lowest BCUT2D eigenvalue weighted by Gasteiger charge is -2.23. The first-order valence-electron chi connectivity index (χ1n) is 20.2. The van der Waals surface area contributed by atoms with Crippen LogP contribution in [0.25, 0.3) is 10.4 Å². The van der Waals surface area contributed by atoms with E-state index in [-0.39, 0.29) is 56.1 Å². The van der Waals surface area contributed by atoms with Crippen LogP contribution in [0.3, 0.4) is 0 Å². The number of aliphatic hydroxyl groups is 1. The summed E-state index contributed by atoms with van der Waals surface area (Å²) < 4.78 is 55.9. The number of azide groups is 1. The van der Waals surface area contributed by atoms with Crippen LogP contribution in [0, 0.1) is 11.8 Å². The lowest BCUT2D eigenvalue weighted by atomic mass is 9.94. The minimum Gasteiger partial charge on any atom is -0.394 e. The molecule has 0 aliphatic rings. The predicted octanol–water partition coefficient (Wildman–Crippen LogP) is 2.28. The third-order valence-electron chi connectivity index (χ3n) is 7.78. The third-order valence-corrected chi connectivity index (χ3v) is 7.78. The van der Waals surface area contributed by atoms with Crippen LogP contribution < -0.4 is 10.6 Å². The lowest BCUT2D eigenvalue weighted by molar-refractivity contribution is -0.134. The van der Waals surface area contributed by atoms with Gasteiger partial charge in [-0.15, -0.1) is 0 Å². The zero-order chi connectivity index (χ0) is 41.2. The normalized spacial score (nSPS) is 12.7. The molecule has 0 radical (unpaired) electrons. The van der Waals surface area contributed by atoms with Gasteiger partial charge in [-0.2, -0.15) is 0 Å². The highest BCUT2D eigenvalue weighted by molar-refractivity contribution is 5.88. The van der Waals surface area contributed by atoms with Crippen LogP contribution in [-0.4, -0.2) is 174 Å². The molecule has 3 N–H and O–H groups in total. The van der Waals surface area contributed by atoms with Gasteiger partial charge >= 0.3 is 0 Å². The molecule has 18 heteroatoms. The van der Waals surface area contributed by atoms with Gasteiger partial charge in [0, 0.05) is 38.2 Å². The zero-order valence-electron chi connectivity index (χ0n) is 34.4. The van der Waals surface area contributed by atoms with Crippen molar-refractivity contribution < 1.29 is 63.5 Å². The second-order valence-electron chi connectivity index (χ2n) is 12.7. The van der Waals surface area contributed by atoms with E-state index < -0.39 is 12.0 Å². The quantitative estimate of drug-likeness (QED) is 0.0348. The Hall–Kier alpha value is -2.32. The van der Waals surface area contributed by atoms with Crippen LogP contribution >= 0.6 is 0 Å². The monoisotopic (exact) mass is 796 g/mol. The van der Waals surface area contributed by atoms with E-state index in [1.54, 1.807) is 0 Å². The molecule has 2 atom stereocenters. The van der Waals surface area contributed by atoms with Gasteiger partial charge in [0.2, 0.25) is 5.91 Å². The standard InChI is InChI=1S/C37H71N5O13/c1-4-39-10-6-5-8-33(37(46)41-36(29-43)32(2)3)28-35(45)31-55-30-34(44)9-7-12-47-14-16-49-18-20-51-22-24-53-26-27-54-25-23-52-21-19-50-17-15-48-13-11-40-42-38/h32-33,36,39,43H,4-31H2,1-3H3,(H,41,46)/i1T. The number of unbranched alkanes of at least 4 members (excludes halogenated alkanes) is 1. The van der Waals surface area contributed by atoms with Gasteiger partial charge in [0.25, 0.3) is 0 Å². The number of hydrogen-bond acceptors (Lipinski definition) is 15. The van der Waals surface area contributed by atoms with Crippen LogP contribution in [-0.2, 0) is 57.0 Å². The SMILES string of the molecule is [3H]CCNCCCCC(CC(=O)COCC(=O)CCCOCCOCCOCCOCCOCCOCCOCCOCCN=[N+]=[N-])C(=O)NC(CO)C(C)C. The average Bonchev–Trinajstić information content (AvgIpc) is 3.18. The van der Waals surface area contributed by atoms with E-state index in [4.69, 9.17) is 49.5 Å². The minimum absolute atomic E-state index is 0.00274. The van der Waals surface area contributed by atoms with Crippen LogP contribution in [0.4, 0.5) is 0 Å². The van der Waals surface area contributed by atoms with Crippen molar-refractivity contribution in [1.29, 1.82) is 0 Å². The summed E-state index contributed by atoms with van der Waals surface area (Å²) in [6, 6.07) is -0.391. The largest absolute Gasteiger partial charge is 0.394 e. The Morgan fingerprint density at radius 3 is 1.65 bits per heavy atom. The Labute approximate surface area is 329 Å². The maximum Gasteiger partial charge on any atom is 0.223 e. The Kier molecular flexibility index (Phi) is 38.1. The van der Waals surface area contributed by atoms with Gasteiger partial charge in [-0.25, -0.2) is 0 Å². The first-order chi connectivity index (χ1) is 27.3. The molecule has 0 aliphatic heterocycles. The van der Waals surface area contributed by atoms with Crippen molar-refractivity contribution in [3.63, 3.8) is 0 Å². The highest BCUT2D eigenvalue weighted by Crippen LogP contribution is 2.15. The van der Waals surface area contributed by atoms with Crippen molar-refractivity contribution in [1.82, 2.24) is 10.6 Å². The molecule has 0 aliphatic carbocycles. The summed E-state index contributed by atoms with van der Waals surface area (Å²) in [5.41, 5.74) is 8.15. The number of hydrogen-bond donors (Lipinski definition) is 3. The van der Waals surface area contributed by atoms with Crippen molar-refractivity contribution in [3.8, 4) is 0 Å². The molecule has 0 heterocycles. The number of amides is 1. The molecule has 0 aromatic carbocycles. The Bertz CT molecular complexity index is 983. The highest BCUT2D eigenvalue weighted by Gasteiger charge is 2.25. The van der Waals surface area contributed by atoms with E-state index in [9.17, 15) is 19.5 Å². The van der Waals surface area contributed by atoms with Crippen LogP contribution in [0.2, 0.25) is 0 Å². The topological polar surface area (TPSA) is 227 Å². The summed E-state index contributed by atoms with van der Waals surface area (Å²) in [6.45, 7) is 12.2. The summed E-state index contributed by atoms with van der Waals surface area (Å²) >= 11 is 0. The first-order valence-corrected chi connectivity index (χ1v) is 19.5. The molecule has 55 heavy (non-hydrogen) atoms. The average molecular weight is 796 g/mol. The summed E-state index contributed by atoms with van der Waals surface area (Å²) in [7, 11) is 0. The Morgan fingerprint density at radius 2 is 1.18 bits per heavy atom. The van der Waals surface area contributed by atoms with Crippen molar-refractivity contribution in [2.75, 3.05) is 145 Å². The summed E-state index contributed by atoms with van der Waals surface area (Å²) in [5, 5.41) is 19.0. The molecule has 0 bridgehead atoms. The van der Waals surface area contributed by atoms with Crippen molar-refractivity contribution in [3.05, 3.63) is 10.4 Å². The molecule has 0 saturated carbocycles. The Balaban J connectivity index is 3.68. The number of aliphatic hydroxyl groups excluding tert-OH is 1. The molecule has 18 nitrogen and oxygen atoms in total. The van der Waals surface area contributed by atoms with Gasteiger partial charge in [0.1, 0.15) is 13.2 Å². The van der Waals surface area contributed by atoms with Gasteiger partial charge in [0.15, 0.2) is 11.6 Å². The number of nitrogens with one attached hydrogen (secondary N) is 2. The smallest absolute Gasteiger partial charge is 0.223 e. The van der Waals surface area contributed by atoms with Crippen molar-refractivity contribution in [2.24, 2.45) is 17.0 Å². The second-order valence-corrected chi connectivity index (χ2v) is 12.7. The van der Waals surface area contributed by atoms with Crippen LogP contribution in [0.1, 0.15) is 60.6 Å². The molecule has 0 fully saturated rings. The number of rotatable bonds is 44. The fourth-order valence-electron chi connectivity index (χ4n) is 4.66. The lowest BCUT2D eigenvalue weighted by Crippen LogP contribution is -2.44. The summed E-state index contributed by atoms with van der Waals surface area (Å²) in [4.78, 5) is 40.4. The third kappa shape index (κ3) is 37.0. The molecule has 322 valence electrons. The first kappa shape index (κ1) is 50.7. The zero-order valence-corrected chi connectivity index (χ0v) is 33.4. The highest BCUT2D eigenvalue weighted by atomic mass is 16.6. The van der Waals surface area contributed by atoms with E-state index in [0.29, 0.717) is 139 Å². The molecule has 0 aromatic heterocycles. The number of carbonyl (C=O) groups is 3. The molecule has 0 saturated heterocycles. The van der Waals surface area contributed by atoms with Gasteiger partial charge in [-0.05, 0) is 43.8 Å². The second kappa shape index (κ2) is 41.3. The number of ether oxygens (including phenoxy) is 9. The number of carbonyl (C=O) groups excluding carboxylic acids is 3. The molecule has 2 unspecified atom stereocenters. The molecular weight excluding hydrogens is 722 g/mol. The summed E-state index contributed by atoms with van der Waals surface area (Å²) in [6.07, 6.45) is 2.86. The Morgan fingerprint density at radius 1 is 0.691 bits per heavy atom. The van der Waals surface area contributed by atoms with E-state index >= 15 is 0 Å². The van der Waals surface area contributed by atoms with Crippen LogP contribution in [0.5, 0.6) is 0 Å². The predicted molar refractivity (Wildman–Crippen MR) is 205 cm³/mol. The summed E-state index contributed by atoms with van der Waals surface area (Å²) in [5.74, 6) is -1.15. The molecule has 0 aromatic rings.